The predicted octanol–water partition coefficient (Wildman–Crippen LogP) is 2.42. The molecule has 2 aromatic rings. The van der Waals surface area contributed by atoms with Crippen molar-refractivity contribution in [3.63, 3.8) is 0 Å². The van der Waals surface area contributed by atoms with Gasteiger partial charge in [-0.1, -0.05) is 81.4 Å². The summed E-state index contributed by atoms with van der Waals surface area (Å²) >= 11 is 0. The first-order valence-electron chi connectivity index (χ1n) is 9.46. The zero-order valence-electron chi connectivity index (χ0n) is 16.5. The Kier molecular flexibility index (Phi) is 6.01. The van der Waals surface area contributed by atoms with Gasteiger partial charge in [-0.25, -0.2) is 9.59 Å². The summed E-state index contributed by atoms with van der Waals surface area (Å²) in [5.41, 5.74) is 0. The Labute approximate surface area is 166 Å². The van der Waals surface area contributed by atoms with Crippen molar-refractivity contribution in [2.75, 3.05) is 13.2 Å². The van der Waals surface area contributed by atoms with Crippen molar-refractivity contribution in [2.24, 2.45) is 0 Å². The number of ether oxygens (including phenoxy) is 2. The van der Waals surface area contributed by atoms with Gasteiger partial charge in [-0.3, -0.25) is 0 Å². The SMILES string of the molecule is CC(C)(C)[Si](OCC[C@@H]1OC(=O)COC1=O)(c1ccccc1)c1ccccc1. The lowest BCUT2D eigenvalue weighted by Gasteiger charge is -2.43. The van der Waals surface area contributed by atoms with Gasteiger partial charge in [0.15, 0.2) is 6.61 Å². The summed E-state index contributed by atoms with van der Waals surface area (Å²) in [6.07, 6.45) is -0.630. The fourth-order valence-corrected chi connectivity index (χ4v) is 8.30. The summed E-state index contributed by atoms with van der Waals surface area (Å²) in [5.74, 6) is -1.03. The summed E-state index contributed by atoms with van der Waals surface area (Å²) in [5, 5.41) is 2.17. The smallest absolute Gasteiger partial charge is 0.348 e. The second kappa shape index (κ2) is 8.28. The van der Waals surface area contributed by atoms with E-state index in [-0.39, 0.29) is 18.1 Å². The van der Waals surface area contributed by atoms with Gasteiger partial charge < -0.3 is 13.9 Å². The molecular formula is C22H26O5Si. The number of esters is 2. The van der Waals surface area contributed by atoms with E-state index in [1.807, 2.05) is 36.4 Å². The lowest BCUT2D eigenvalue weighted by molar-refractivity contribution is -0.185. The van der Waals surface area contributed by atoms with E-state index in [4.69, 9.17) is 13.9 Å². The Bertz CT molecular complexity index is 774. The Morgan fingerprint density at radius 3 is 2.00 bits per heavy atom. The van der Waals surface area contributed by atoms with E-state index in [1.54, 1.807) is 0 Å². The highest BCUT2D eigenvalue weighted by atomic mass is 28.4. The highest BCUT2D eigenvalue weighted by molar-refractivity contribution is 6.99. The number of carbonyl (C=O) groups is 2. The zero-order chi connectivity index (χ0) is 20.2. The minimum absolute atomic E-state index is 0.153. The van der Waals surface area contributed by atoms with Gasteiger partial charge in [0.05, 0.1) is 0 Å². The average molecular weight is 399 g/mol. The molecular weight excluding hydrogens is 372 g/mol. The van der Waals surface area contributed by atoms with Crippen LogP contribution < -0.4 is 10.4 Å². The second-order valence-corrected chi connectivity index (χ2v) is 12.2. The molecule has 0 saturated carbocycles. The normalized spacial score (nSPS) is 17.8. The molecule has 0 unspecified atom stereocenters. The Balaban J connectivity index is 1.92. The van der Waals surface area contributed by atoms with Crippen LogP contribution in [0.1, 0.15) is 27.2 Å². The van der Waals surface area contributed by atoms with Crippen molar-refractivity contribution in [3.8, 4) is 0 Å². The van der Waals surface area contributed by atoms with E-state index in [9.17, 15) is 9.59 Å². The lowest BCUT2D eigenvalue weighted by Crippen LogP contribution is -2.66. The van der Waals surface area contributed by atoms with Crippen LogP contribution in [0.2, 0.25) is 5.04 Å². The van der Waals surface area contributed by atoms with Crippen molar-refractivity contribution in [2.45, 2.75) is 38.3 Å². The van der Waals surface area contributed by atoms with Crippen molar-refractivity contribution in [1.29, 1.82) is 0 Å². The minimum atomic E-state index is -2.67. The van der Waals surface area contributed by atoms with Crippen molar-refractivity contribution < 1.29 is 23.5 Å². The molecule has 0 aliphatic carbocycles. The molecule has 1 saturated heterocycles. The topological polar surface area (TPSA) is 61.8 Å². The number of hydrogen-bond donors (Lipinski definition) is 0. The Morgan fingerprint density at radius 1 is 0.964 bits per heavy atom. The third-order valence-electron chi connectivity index (χ3n) is 4.98. The van der Waals surface area contributed by atoms with E-state index < -0.39 is 26.4 Å². The second-order valence-electron chi connectivity index (χ2n) is 7.89. The Morgan fingerprint density at radius 2 is 1.50 bits per heavy atom. The number of carbonyl (C=O) groups excluding carboxylic acids is 2. The summed E-state index contributed by atoms with van der Waals surface area (Å²) in [6, 6.07) is 20.5. The van der Waals surface area contributed by atoms with Gasteiger partial charge in [-0.05, 0) is 15.4 Å². The maximum Gasteiger partial charge on any atom is 0.348 e. The molecule has 0 N–H and O–H groups in total. The van der Waals surface area contributed by atoms with Crippen LogP contribution in [0.15, 0.2) is 60.7 Å². The molecule has 1 heterocycles. The molecule has 1 atom stereocenters. The molecule has 3 rings (SSSR count). The van der Waals surface area contributed by atoms with Gasteiger partial charge in [0, 0.05) is 13.0 Å². The molecule has 148 valence electrons. The molecule has 0 radical (unpaired) electrons. The summed E-state index contributed by atoms with van der Waals surface area (Å²) in [6.45, 7) is 6.54. The van der Waals surface area contributed by atoms with Crippen molar-refractivity contribution >= 4 is 30.6 Å². The molecule has 0 spiro atoms. The molecule has 5 nitrogen and oxygen atoms in total. The molecule has 1 aliphatic heterocycles. The maximum absolute atomic E-state index is 11.9. The van der Waals surface area contributed by atoms with Gasteiger partial charge in [0.1, 0.15) is 0 Å². The highest BCUT2D eigenvalue weighted by Gasteiger charge is 2.50. The predicted molar refractivity (Wildman–Crippen MR) is 109 cm³/mol. The summed E-state index contributed by atoms with van der Waals surface area (Å²) < 4.78 is 16.7. The first-order chi connectivity index (χ1) is 13.3. The van der Waals surface area contributed by atoms with Crippen LogP contribution >= 0.6 is 0 Å². The summed E-state index contributed by atoms with van der Waals surface area (Å²) in [7, 11) is -2.67. The fourth-order valence-electron chi connectivity index (χ4n) is 3.72. The molecule has 0 aromatic heterocycles. The number of hydrogen-bond acceptors (Lipinski definition) is 5. The molecule has 0 bridgehead atoms. The number of benzene rings is 2. The van der Waals surface area contributed by atoms with E-state index >= 15 is 0 Å². The first kappa shape index (κ1) is 20.3. The van der Waals surface area contributed by atoms with E-state index in [0.717, 1.165) is 10.4 Å². The van der Waals surface area contributed by atoms with Gasteiger partial charge in [0.25, 0.3) is 8.32 Å². The average Bonchev–Trinajstić information content (AvgIpc) is 2.68. The summed E-state index contributed by atoms with van der Waals surface area (Å²) in [4.78, 5) is 23.3. The van der Waals surface area contributed by atoms with Gasteiger partial charge in [-0.2, -0.15) is 0 Å². The maximum atomic E-state index is 11.9. The van der Waals surface area contributed by atoms with E-state index in [2.05, 4.69) is 45.0 Å². The van der Waals surface area contributed by atoms with E-state index in [0.29, 0.717) is 6.61 Å². The van der Waals surface area contributed by atoms with Crippen LogP contribution in [0.25, 0.3) is 0 Å². The minimum Gasteiger partial charge on any atom is -0.451 e. The molecule has 2 aromatic carbocycles. The lowest BCUT2D eigenvalue weighted by atomic mass is 10.2. The van der Waals surface area contributed by atoms with Gasteiger partial charge >= 0.3 is 11.9 Å². The molecule has 1 aliphatic rings. The zero-order valence-corrected chi connectivity index (χ0v) is 17.5. The quantitative estimate of drug-likeness (QED) is 0.552. The highest BCUT2D eigenvalue weighted by Crippen LogP contribution is 2.36. The van der Waals surface area contributed by atoms with Crippen molar-refractivity contribution in [3.05, 3.63) is 60.7 Å². The van der Waals surface area contributed by atoms with Crippen LogP contribution in [-0.2, 0) is 23.5 Å². The van der Waals surface area contributed by atoms with Crippen LogP contribution in [0.3, 0.4) is 0 Å². The van der Waals surface area contributed by atoms with Crippen LogP contribution in [0, 0.1) is 0 Å². The van der Waals surface area contributed by atoms with Crippen LogP contribution in [0.5, 0.6) is 0 Å². The number of rotatable bonds is 6. The van der Waals surface area contributed by atoms with E-state index in [1.165, 1.54) is 0 Å². The molecule has 6 heteroatoms. The standard InChI is InChI=1S/C22H26O5Si/c1-22(2,3)28(17-10-6-4-7-11-17,18-12-8-5-9-13-18)26-15-14-19-21(24)25-16-20(23)27-19/h4-13,19H,14-16H2,1-3H3/t19-/m0/s1. The first-order valence-corrected chi connectivity index (χ1v) is 11.4. The van der Waals surface area contributed by atoms with Crippen molar-refractivity contribution in [1.82, 2.24) is 0 Å². The largest absolute Gasteiger partial charge is 0.451 e. The third kappa shape index (κ3) is 4.03. The van der Waals surface area contributed by atoms with Gasteiger partial charge in [0.2, 0.25) is 6.10 Å². The number of cyclic esters (lactones) is 2. The Hall–Kier alpha value is -2.44. The van der Waals surface area contributed by atoms with Gasteiger partial charge in [-0.15, -0.1) is 0 Å². The monoisotopic (exact) mass is 398 g/mol. The molecule has 1 fully saturated rings. The molecule has 28 heavy (non-hydrogen) atoms. The molecule has 0 amide bonds. The third-order valence-corrected chi connectivity index (χ3v) is 10.0. The fraction of sp³-hybridized carbons (Fsp3) is 0.364. The van der Waals surface area contributed by atoms with Crippen LogP contribution in [-0.4, -0.2) is 39.6 Å². The van der Waals surface area contributed by atoms with Crippen LogP contribution in [0.4, 0.5) is 0 Å².